The van der Waals surface area contributed by atoms with Crippen molar-refractivity contribution < 1.29 is 26.9 Å². The molecule has 1 aromatic rings. The Labute approximate surface area is 149 Å². The standard InChI is InChI=1S/C18H26O6S/c1-22-17(19)18(12-4-3-5-13-18)24-16-10-8-15(9-11-16)7-6-14-23-25(2,20)21/h8-11H,3-7,12-14H2,1-2H3. The Hall–Kier alpha value is -1.60. The molecular weight excluding hydrogens is 344 g/mol. The Balaban J connectivity index is 1.93. The van der Waals surface area contributed by atoms with Gasteiger partial charge in [-0.05, 0) is 56.2 Å². The van der Waals surface area contributed by atoms with Crippen LogP contribution in [0.2, 0.25) is 0 Å². The van der Waals surface area contributed by atoms with Gasteiger partial charge in [0, 0.05) is 0 Å². The molecule has 0 heterocycles. The van der Waals surface area contributed by atoms with E-state index in [4.69, 9.17) is 13.7 Å². The molecule has 1 aromatic carbocycles. The number of rotatable bonds is 8. The van der Waals surface area contributed by atoms with Gasteiger partial charge in [0.2, 0.25) is 5.60 Å². The number of aryl methyl sites for hydroxylation is 1. The van der Waals surface area contributed by atoms with Gasteiger partial charge in [0.1, 0.15) is 5.75 Å². The molecule has 0 amide bonds. The summed E-state index contributed by atoms with van der Waals surface area (Å²) in [6.45, 7) is 0.169. The maximum Gasteiger partial charge on any atom is 0.350 e. The normalized spacial score (nSPS) is 17.0. The number of ether oxygens (including phenoxy) is 2. The molecule has 1 fully saturated rings. The number of carbonyl (C=O) groups is 1. The van der Waals surface area contributed by atoms with Crippen LogP contribution in [0, 0.1) is 0 Å². The lowest BCUT2D eigenvalue weighted by Gasteiger charge is -2.34. The first-order valence-corrected chi connectivity index (χ1v) is 10.4. The summed E-state index contributed by atoms with van der Waals surface area (Å²) in [5.41, 5.74) is 0.179. The summed E-state index contributed by atoms with van der Waals surface area (Å²) in [7, 11) is -1.99. The van der Waals surface area contributed by atoms with Crippen LogP contribution in [0.25, 0.3) is 0 Å². The molecule has 1 saturated carbocycles. The minimum absolute atomic E-state index is 0.169. The fourth-order valence-electron chi connectivity index (χ4n) is 3.09. The van der Waals surface area contributed by atoms with E-state index >= 15 is 0 Å². The maximum absolute atomic E-state index is 12.2. The number of methoxy groups -OCH3 is 1. The van der Waals surface area contributed by atoms with Crippen LogP contribution in [0.3, 0.4) is 0 Å². The second-order valence-corrected chi connectivity index (χ2v) is 8.07. The van der Waals surface area contributed by atoms with Crippen LogP contribution in [0.5, 0.6) is 5.75 Å². The van der Waals surface area contributed by atoms with Crippen LogP contribution in [-0.4, -0.2) is 40.0 Å². The molecule has 6 nitrogen and oxygen atoms in total. The van der Waals surface area contributed by atoms with Crippen LogP contribution in [0.15, 0.2) is 24.3 Å². The zero-order valence-electron chi connectivity index (χ0n) is 14.8. The van der Waals surface area contributed by atoms with Crippen molar-refractivity contribution in [2.75, 3.05) is 20.0 Å². The minimum Gasteiger partial charge on any atom is -0.476 e. The van der Waals surface area contributed by atoms with E-state index < -0.39 is 15.7 Å². The third-order valence-corrected chi connectivity index (χ3v) is 4.96. The first-order chi connectivity index (χ1) is 11.8. The van der Waals surface area contributed by atoms with Gasteiger partial charge in [-0.2, -0.15) is 8.42 Å². The van der Waals surface area contributed by atoms with Crippen molar-refractivity contribution in [2.24, 2.45) is 0 Å². The van der Waals surface area contributed by atoms with Gasteiger partial charge in [0.05, 0.1) is 20.0 Å². The largest absolute Gasteiger partial charge is 0.476 e. The van der Waals surface area contributed by atoms with Crippen LogP contribution in [-0.2, 0) is 30.3 Å². The number of esters is 1. The van der Waals surface area contributed by atoms with Gasteiger partial charge in [0.15, 0.2) is 0 Å². The molecule has 1 aliphatic rings. The van der Waals surface area contributed by atoms with Crippen molar-refractivity contribution in [3.05, 3.63) is 29.8 Å². The summed E-state index contributed by atoms with van der Waals surface area (Å²) < 4.78 is 37.5. The SMILES string of the molecule is COC(=O)C1(Oc2ccc(CCCOS(C)(=O)=O)cc2)CCCCC1. The molecule has 0 bridgehead atoms. The topological polar surface area (TPSA) is 78.9 Å². The van der Waals surface area contributed by atoms with E-state index in [2.05, 4.69) is 0 Å². The van der Waals surface area contributed by atoms with Crippen molar-refractivity contribution in [3.63, 3.8) is 0 Å². The van der Waals surface area contributed by atoms with Crippen LogP contribution >= 0.6 is 0 Å². The summed E-state index contributed by atoms with van der Waals surface area (Å²) in [5.74, 6) is 0.331. The molecule has 0 saturated heterocycles. The zero-order valence-corrected chi connectivity index (χ0v) is 15.6. The van der Waals surface area contributed by atoms with Gasteiger partial charge >= 0.3 is 5.97 Å². The minimum atomic E-state index is -3.38. The van der Waals surface area contributed by atoms with E-state index in [1.165, 1.54) is 7.11 Å². The monoisotopic (exact) mass is 370 g/mol. The van der Waals surface area contributed by atoms with Crippen LogP contribution < -0.4 is 4.74 Å². The number of hydrogen-bond donors (Lipinski definition) is 0. The lowest BCUT2D eigenvalue weighted by molar-refractivity contribution is -0.162. The maximum atomic E-state index is 12.2. The highest BCUT2D eigenvalue weighted by Crippen LogP contribution is 2.34. The Kier molecular flexibility index (Phi) is 6.84. The predicted molar refractivity (Wildman–Crippen MR) is 94.0 cm³/mol. The summed E-state index contributed by atoms with van der Waals surface area (Å²) in [6.07, 6.45) is 6.71. The Morgan fingerprint density at radius 2 is 1.76 bits per heavy atom. The van der Waals surface area contributed by atoms with Crippen molar-refractivity contribution in [2.45, 2.75) is 50.5 Å². The molecule has 0 radical (unpaired) electrons. The molecule has 25 heavy (non-hydrogen) atoms. The molecule has 0 atom stereocenters. The number of benzene rings is 1. The number of hydrogen-bond acceptors (Lipinski definition) is 6. The highest BCUT2D eigenvalue weighted by Gasteiger charge is 2.43. The Morgan fingerprint density at radius 1 is 1.12 bits per heavy atom. The third kappa shape index (κ3) is 6.01. The summed E-state index contributed by atoms with van der Waals surface area (Å²) in [5, 5.41) is 0. The Morgan fingerprint density at radius 3 is 2.32 bits per heavy atom. The molecular formula is C18H26O6S. The van der Waals surface area contributed by atoms with Crippen LogP contribution in [0.1, 0.15) is 44.1 Å². The summed E-state index contributed by atoms with van der Waals surface area (Å²) in [4.78, 5) is 12.2. The average molecular weight is 370 g/mol. The first-order valence-electron chi connectivity index (χ1n) is 8.55. The van der Waals surface area contributed by atoms with E-state index in [1.54, 1.807) is 0 Å². The van der Waals surface area contributed by atoms with Gasteiger partial charge < -0.3 is 9.47 Å². The summed E-state index contributed by atoms with van der Waals surface area (Å²) in [6, 6.07) is 7.52. The van der Waals surface area contributed by atoms with E-state index in [1.807, 2.05) is 24.3 Å². The lowest BCUT2D eigenvalue weighted by Crippen LogP contribution is -2.47. The molecule has 2 rings (SSSR count). The van der Waals surface area contributed by atoms with Gasteiger partial charge in [-0.25, -0.2) is 4.79 Å². The van der Waals surface area contributed by atoms with Crippen molar-refractivity contribution in [3.8, 4) is 5.75 Å². The Bertz CT molecular complexity index is 659. The molecule has 1 aliphatic carbocycles. The van der Waals surface area contributed by atoms with Crippen molar-refractivity contribution >= 4 is 16.1 Å². The quantitative estimate of drug-likeness (QED) is 0.398. The smallest absolute Gasteiger partial charge is 0.350 e. The molecule has 0 N–H and O–H groups in total. The molecule has 7 heteroatoms. The van der Waals surface area contributed by atoms with E-state index in [9.17, 15) is 13.2 Å². The van der Waals surface area contributed by atoms with Gasteiger partial charge in [-0.15, -0.1) is 0 Å². The average Bonchev–Trinajstić information content (AvgIpc) is 2.59. The first kappa shape index (κ1) is 19.7. The second-order valence-electron chi connectivity index (χ2n) is 6.42. The molecule has 0 aromatic heterocycles. The molecule has 0 spiro atoms. The number of carbonyl (C=O) groups excluding carboxylic acids is 1. The molecule has 0 unspecified atom stereocenters. The van der Waals surface area contributed by atoms with E-state index in [0.29, 0.717) is 31.4 Å². The summed E-state index contributed by atoms with van der Waals surface area (Å²) >= 11 is 0. The van der Waals surface area contributed by atoms with Crippen molar-refractivity contribution in [1.29, 1.82) is 0 Å². The fraction of sp³-hybridized carbons (Fsp3) is 0.611. The highest BCUT2D eigenvalue weighted by atomic mass is 32.2. The van der Waals surface area contributed by atoms with Gasteiger partial charge in [0.25, 0.3) is 10.1 Å². The van der Waals surface area contributed by atoms with Gasteiger partial charge in [-0.3, -0.25) is 4.18 Å². The molecule has 140 valence electrons. The fourth-order valence-corrected chi connectivity index (χ4v) is 3.51. The van der Waals surface area contributed by atoms with Crippen molar-refractivity contribution in [1.82, 2.24) is 0 Å². The third-order valence-electron chi connectivity index (χ3n) is 4.36. The highest BCUT2D eigenvalue weighted by molar-refractivity contribution is 7.85. The zero-order chi connectivity index (χ0) is 18.3. The van der Waals surface area contributed by atoms with Gasteiger partial charge in [-0.1, -0.05) is 18.6 Å². The predicted octanol–water partition coefficient (Wildman–Crippen LogP) is 2.85. The second kappa shape index (κ2) is 8.67. The van der Waals surface area contributed by atoms with E-state index in [-0.39, 0.29) is 12.6 Å². The van der Waals surface area contributed by atoms with Crippen LogP contribution in [0.4, 0.5) is 0 Å². The lowest BCUT2D eigenvalue weighted by atomic mass is 9.84. The van der Waals surface area contributed by atoms with E-state index in [0.717, 1.165) is 31.1 Å². The molecule has 0 aliphatic heterocycles.